The van der Waals surface area contributed by atoms with Crippen molar-refractivity contribution in [3.63, 3.8) is 0 Å². The zero-order valence-electron chi connectivity index (χ0n) is 25.6. The predicted molar refractivity (Wildman–Crippen MR) is 164 cm³/mol. The van der Waals surface area contributed by atoms with Gasteiger partial charge in [0, 0.05) is 17.3 Å². The van der Waals surface area contributed by atoms with Crippen molar-refractivity contribution in [3.05, 3.63) is 71.3 Å². The summed E-state index contributed by atoms with van der Waals surface area (Å²) in [6.07, 6.45) is 13.6. The quantitative estimate of drug-likeness (QED) is 0.187. The lowest BCUT2D eigenvalue weighted by Gasteiger charge is -2.18. The number of methoxy groups -OCH3 is 1. The van der Waals surface area contributed by atoms with Crippen molar-refractivity contribution in [2.24, 2.45) is 0 Å². The maximum absolute atomic E-state index is 5.94. The lowest BCUT2D eigenvalue weighted by atomic mass is 10.1. The van der Waals surface area contributed by atoms with Crippen LogP contribution in [-0.2, 0) is 17.7 Å². The maximum atomic E-state index is 5.94. The number of fused-ring (bicyclic) bond motifs is 1. The molecule has 3 rings (SSSR count). The number of rotatable bonds is 12. The Hall–Kier alpha value is -3.61. The zero-order chi connectivity index (χ0) is 28.9. The molecule has 0 aromatic carbocycles. The second-order valence-corrected chi connectivity index (χ2v) is 9.13. The SMILES string of the molecule is CC.CC/C=C/C=C\C(=C(/C)OCC)c1cc(NCc2ncc(OC)cn2)c2c(n1)c(C)c(CC)n2C(C)C. The summed E-state index contributed by atoms with van der Waals surface area (Å²) in [4.78, 5) is 14.1. The van der Waals surface area contributed by atoms with Crippen LogP contribution in [0.15, 0.2) is 48.5 Å². The van der Waals surface area contributed by atoms with Crippen molar-refractivity contribution in [2.45, 2.75) is 87.7 Å². The Balaban J connectivity index is 0.00000260. The number of aromatic nitrogens is 4. The van der Waals surface area contributed by atoms with Crippen LogP contribution in [0.4, 0.5) is 5.69 Å². The minimum atomic E-state index is 0.288. The summed E-state index contributed by atoms with van der Waals surface area (Å²) in [5.74, 6) is 2.17. The molecular formula is C32H47N5O2. The largest absolute Gasteiger partial charge is 0.498 e. The fourth-order valence-electron chi connectivity index (χ4n) is 4.53. The molecule has 0 radical (unpaired) electrons. The number of nitrogens with zero attached hydrogens (tertiary/aromatic N) is 4. The van der Waals surface area contributed by atoms with Gasteiger partial charge in [0.15, 0.2) is 5.75 Å². The number of ether oxygens (including phenoxy) is 2. The molecule has 0 fully saturated rings. The molecular weight excluding hydrogens is 486 g/mol. The van der Waals surface area contributed by atoms with Gasteiger partial charge in [0.05, 0.1) is 55.1 Å². The summed E-state index contributed by atoms with van der Waals surface area (Å²) in [6.45, 7) is 20.0. The normalized spacial score (nSPS) is 12.2. The van der Waals surface area contributed by atoms with E-state index in [1.807, 2.05) is 27.7 Å². The Labute approximate surface area is 235 Å². The lowest BCUT2D eigenvalue weighted by molar-refractivity contribution is 0.233. The van der Waals surface area contributed by atoms with Crippen LogP contribution < -0.4 is 10.1 Å². The minimum absolute atomic E-state index is 0.288. The highest BCUT2D eigenvalue weighted by atomic mass is 16.5. The molecule has 7 heteroatoms. The van der Waals surface area contributed by atoms with E-state index in [4.69, 9.17) is 14.5 Å². The number of allylic oxidation sites excluding steroid dienone is 6. The third kappa shape index (κ3) is 7.71. The summed E-state index contributed by atoms with van der Waals surface area (Å²) < 4.78 is 13.6. The van der Waals surface area contributed by atoms with Crippen LogP contribution in [0, 0.1) is 6.92 Å². The van der Waals surface area contributed by atoms with Crippen LogP contribution >= 0.6 is 0 Å². The standard InChI is InChI=1S/C30H41N5O2.C2H6/c1-9-12-13-14-15-24(22(7)37-11-3)25-16-26(31-19-28-32-17-23(36-8)18-33-28)30-29(34-25)21(6)27(10-2)35(30)20(4)5;1-2/h12-18,20H,9-11,19H2,1-8H3,(H,31,34);1-2H3/b13-12+,15-14-,24-22-;. The van der Waals surface area contributed by atoms with E-state index in [1.54, 1.807) is 19.5 Å². The summed E-state index contributed by atoms with van der Waals surface area (Å²) >= 11 is 0. The first-order valence-corrected chi connectivity index (χ1v) is 14.2. The van der Waals surface area contributed by atoms with E-state index in [2.05, 4.69) is 84.8 Å². The van der Waals surface area contributed by atoms with E-state index < -0.39 is 0 Å². The van der Waals surface area contributed by atoms with Crippen LogP contribution in [0.3, 0.4) is 0 Å². The first kappa shape index (κ1) is 31.6. The Morgan fingerprint density at radius 2 is 1.79 bits per heavy atom. The third-order valence-electron chi connectivity index (χ3n) is 6.28. The first-order chi connectivity index (χ1) is 18.9. The van der Waals surface area contributed by atoms with Gasteiger partial charge in [0.1, 0.15) is 11.6 Å². The molecule has 0 saturated carbocycles. The van der Waals surface area contributed by atoms with Crippen molar-refractivity contribution in [3.8, 4) is 5.75 Å². The van der Waals surface area contributed by atoms with E-state index in [0.717, 1.165) is 46.6 Å². The molecule has 0 aliphatic carbocycles. The smallest absolute Gasteiger partial charge is 0.155 e. The molecule has 3 aromatic rings. The third-order valence-corrected chi connectivity index (χ3v) is 6.28. The molecule has 0 spiro atoms. The van der Waals surface area contributed by atoms with Crippen LogP contribution in [0.1, 0.15) is 90.6 Å². The highest BCUT2D eigenvalue weighted by Gasteiger charge is 2.21. The summed E-state index contributed by atoms with van der Waals surface area (Å²) in [6, 6.07) is 2.41. The second-order valence-electron chi connectivity index (χ2n) is 9.13. The highest BCUT2D eigenvalue weighted by Crippen LogP contribution is 2.36. The van der Waals surface area contributed by atoms with Crippen LogP contribution in [0.2, 0.25) is 0 Å². The van der Waals surface area contributed by atoms with E-state index >= 15 is 0 Å². The summed E-state index contributed by atoms with van der Waals surface area (Å²) in [5.41, 5.74) is 7.43. The van der Waals surface area contributed by atoms with Gasteiger partial charge < -0.3 is 19.4 Å². The Bertz CT molecular complexity index is 1280. The number of nitrogens with one attached hydrogen (secondary N) is 1. The number of hydrogen-bond donors (Lipinski definition) is 1. The van der Waals surface area contributed by atoms with Crippen LogP contribution in [-0.4, -0.2) is 33.2 Å². The molecule has 39 heavy (non-hydrogen) atoms. The van der Waals surface area contributed by atoms with Crippen LogP contribution in [0.5, 0.6) is 5.75 Å². The molecule has 0 aliphatic rings. The Morgan fingerprint density at radius 3 is 2.36 bits per heavy atom. The molecule has 1 N–H and O–H groups in total. The van der Waals surface area contributed by atoms with Crippen molar-refractivity contribution >= 4 is 22.3 Å². The number of hydrogen-bond acceptors (Lipinski definition) is 6. The summed E-state index contributed by atoms with van der Waals surface area (Å²) in [7, 11) is 1.61. The van der Waals surface area contributed by atoms with Crippen molar-refractivity contribution in [1.82, 2.24) is 19.5 Å². The first-order valence-electron chi connectivity index (χ1n) is 14.2. The summed E-state index contributed by atoms with van der Waals surface area (Å²) in [5, 5.41) is 3.62. The van der Waals surface area contributed by atoms with Gasteiger partial charge in [0.25, 0.3) is 0 Å². The lowest BCUT2D eigenvalue weighted by Crippen LogP contribution is -2.10. The van der Waals surface area contributed by atoms with Gasteiger partial charge in [-0.2, -0.15) is 0 Å². The van der Waals surface area contributed by atoms with Gasteiger partial charge in [-0.25, -0.2) is 15.0 Å². The van der Waals surface area contributed by atoms with Gasteiger partial charge in [-0.15, -0.1) is 0 Å². The predicted octanol–water partition coefficient (Wildman–Crippen LogP) is 8.21. The maximum Gasteiger partial charge on any atom is 0.155 e. The van der Waals surface area contributed by atoms with Crippen molar-refractivity contribution in [1.29, 1.82) is 0 Å². The fourth-order valence-corrected chi connectivity index (χ4v) is 4.53. The van der Waals surface area contributed by atoms with Crippen molar-refractivity contribution < 1.29 is 9.47 Å². The van der Waals surface area contributed by atoms with E-state index in [0.29, 0.717) is 24.7 Å². The Kier molecular flexibility index (Phi) is 12.7. The number of aryl methyl sites for hydroxylation is 1. The van der Waals surface area contributed by atoms with Gasteiger partial charge in [-0.05, 0) is 65.2 Å². The molecule has 0 amide bonds. The monoisotopic (exact) mass is 533 g/mol. The van der Waals surface area contributed by atoms with Crippen LogP contribution in [0.25, 0.3) is 16.6 Å². The fraction of sp³-hybridized carbons (Fsp3) is 0.469. The molecule has 7 nitrogen and oxygen atoms in total. The molecule has 0 saturated heterocycles. The highest BCUT2D eigenvalue weighted by molar-refractivity contribution is 5.95. The van der Waals surface area contributed by atoms with E-state index in [-0.39, 0.29) is 6.04 Å². The van der Waals surface area contributed by atoms with E-state index in [9.17, 15) is 0 Å². The van der Waals surface area contributed by atoms with Crippen molar-refractivity contribution in [2.75, 3.05) is 19.0 Å². The molecule has 0 bridgehead atoms. The molecule has 0 atom stereocenters. The van der Waals surface area contributed by atoms with Gasteiger partial charge in [-0.3, -0.25) is 0 Å². The average Bonchev–Trinajstić information content (AvgIpc) is 3.25. The molecule has 3 heterocycles. The molecule has 0 unspecified atom stereocenters. The molecule has 212 valence electrons. The average molecular weight is 534 g/mol. The second kappa shape index (κ2) is 15.7. The number of pyridine rings is 1. The number of anilines is 1. The van der Waals surface area contributed by atoms with Gasteiger partial charge >= 0.3 is 0 Å². The van der Waals surface area contributed by atoms with Gasteiger partial charge in [-0.1, -0.05) is 45.9 Å². The Morgan fingerprint density at radius 1 is 1.10 bits per heavy atom. The molecule has 0 aliphatic heterocycles. The van der Waals surface area contributed by atoms with Gasteiger partial charge in [0.2, 0.25) is 0 Å². The minimum Gasteiger partial charge on any atom is -0.498 e. The zero-order valence-corrected chi connectivity index (χ0v) is 25.6. The topological polar surface area (TPSA) is 74.1 Å². The van der Waals surface area contributed by atoms with E-state index in [1.165, 1.54) is 11.3 Å². The molecule has 3 aromatic heterocycles.